The van der Waals surface area contributed by atoms with Gasteiger partial charge in [-0.2, -0.15) is 0 Å². The fourth-order valence-corrected chi connectivity index (χ4v) is 2.67. The number of hydrogen-bond donors (Lipinski definition) is 0. The topological polar surface area (TPSA) is 76.8 Å². The second kappa shape index (κ2) is 6.61. The Labute approximate surface area is 135 Å². The van der Waals surface area contributed by atoms with Crippen LogP contribution in [0.5, 0.6) is 0 Å². The fourth-order valence-electron chi connectivity index (χ4n) is 2.06. The number of tetrazole rings is 1. The standard InChI is InChI=1S/C14H13FN6OS/c1-10-17-12(8-23-10)6-21(13-4-2-11(15)3-5-13)14(22)7-20-9-16-18-19-20/h2-5,8-9H,6-7H2,1H3. The highest BCUT2D eigenvalue weighted by atomic mass is 32.1. The van der Waals surface area contributed by atoms with Crippen molar-refractivity contribution in [1.29, 1.82) is 0 Å². The van der Waals surface area contributed by atoms with Gasteiger partial charge >= 0.3 is 0 Å². The van der Waals surface area contributed by atoms with E-state index in [9.17, 15) is 9.18 Å². The summed E-state index contributed by atoms with van der Waals surface area (Å²) >= 11 is 1.51. The average Bonchev–Trinajstić information content (AvgIpc) is 3.17. The molecule has 3 aromatic rings. The lowest BCUT2D eigenvalue weighted by molar-refractivity contribution is -0.119. The summed E-state index contributed by atoms with van der Waals surface area (Å²) in [5.74, 6) is -0.569. The summed E-state index contributed by atoms with van der Waals surface area (Å²) in [5.41, 5.74) is 1.37. The average molecular weight is 332 g/mol. The molecule has 0 bridgehead atoms. The van der Waals surface area contributed by atoms with Gasteiger partial charge in [0.25, 0.3) is 0 Å². The van der Waals surface area contributed by atoms with E-state index in [0.29, 0.717) is 12.2 Å². The molecule has 1 amide bonds. The first kappa shape index (κ1) is 15.2. The first-order valence-corrected chi connectivity index (χ1v) is 7.67. The van der Waals surface area contributed by atoms with Crippen molar-refractivity contribution in [3.63, 3.8) is 0 Å². The molecule has 0 aliphatic rings. The van der Waals surface area contributed by atoms with Gasteiger partial charge in [0.2, 0.25) is 5.91 Å². The number of carbonyl (C=O) groups is 1. The minimum absolute atomic E-state index is 0.00645. The van der Waals surface area contributed by atoms with Crippen molar-refractivity contribution in [1.82, 2.24) is 25.2 Å². The zero-order chi connectivity index (χ0) is 16.2. The van der Waals surface area contributed by atoms with Gasteiger partial charge in [-0.25, -0.2) is 14.1 Å². The molecule has 118 valence electrons. The highest BCUT2D eigenvalue weighted by Crippen LogP contribution is 2.19. The molecule has 0 unspecified atom stereocenters. The van der Waals surface area contributed by atoms with Gasteiger partial charge in [-0.3, -0.25) is 4.79 Å². The van der Waals surface area contributed by atoms with Gasteiger partial charge in [0.05, 0.1) is 17.2 Å². The number of hydrogen-bond acceptors (Lipinski definition) is 6. The number of halogens is 1. The Morgan fingerprint density at radius 3 is 2.74 bits per heavy atom. The minimum atomic E-state index is -0.355. The summed E-state index contributed by atoms with van der Waals surface area (Å²) in [7, 11) is 0. The van der Waals surface area contributed by atoms with E-state index in [-0.39, 0.29) is 18.3 Å². The maximum Gasteiger partial charge on any atom is 0.249 e. The molecule has 9 heteroatoms. The Kier molecular flexibility index (Phi) is 4.38. The molecule has 0 saturated carbocycles. The number of amides is 1. The van der Waals surface area contributed by atoms with E-state index < -0.39 is 0 Å². The lowest BCUT2D eigenvalue weighted by atomic mass is 10.2. The second-order valence-corrected chi connectivity index (χ2v) is 5.88. The Bertz CT molecular complexity index is 786. The number of anilines is 1. The van der Waals surface area contributed by atoms with Crippen LogP contribution in [0.1, 0.15) is 10.7 Å². The Hall–Kier alpha value is -2.68. The van der Waals surface area contributed by atoms with Crippen molar-refractivity contribution in [2.24, 2.45) is 0 Å². The number of aryl methyl sites for hydroxylation is 1. The summed E-state index contributed by atoms with van der Waals surface area (Å²) in [4.78, 5) is 18.5. The molecule has 0 aliphatic carbocycles. The summed E-state index contributed by atoms with van der Waals surface area (Å²) in [6.07, 6.45) is 1.37. The Morgan fingerprint density at radius 2 is 2.13 bits per heavy atom. The summed E-state index contributed by atoms with van der Waals surface area (Å²) in [6.45, 7) is 2.20. The van der Waals surface area contributed by atoms with Gasteiger partial charge in [-0.15, -0.1) is 16.4 Å². The van der Waals surface area contributed by atoms with Crippen LogP contribution in [0.3, 0.4) is 0 Å². The highest BCUT2D eigenvalue weighted by Gasteiger charge is 2.18. The molecule has 0 radical (unpaired) electrons. The van der Waals surface area contributed by atoms with E-state index in [2.05, 4.69) is 20.5 Å². The number of rotatable bonds is 5. The van der Waals surface area contributed by atoms with Crippen molar-refractivity contribution in [2.75, 3.05) is 4.90 Å². The smallest absolute Gasteiger partial charge is 0.249 e. The molecule has 1 aromatic carbocycles. The van der Waals surface area contributed by atoms with Gasteiger partial charge < -0.3 is 4.90 Å². The van der Waals surface area contributed by atoms with Crippen LogP contribution >= 0.6 is 11.3 Å². The number of thiazole rings is 1. The van der Waals surface area contributed by atoms with Crippen LogP contribution in [-0.2, 0) is 17.9 Å². The van der Waals surface area contributed by atoms with E-state index in [1.54, 1.807) is 12.1 Å². The third-order valence-electron chi connectivity index (χ3n) is 3.11. The predicted molar refractivity (Wildman–Crippen MR) is 82.3 cm³/mol. The molecule has 3 rings (SSSR count). The third kappa shape index (κ3) is 3.75. The Morgan fingerprint density at radius 1 is 1.35 bits per heavy atom. The van der Waals surface area contributed by atoms with Gasteiger partial charge in [0.15, 0.2) is 0 Å². The van der Waals surface area contributed by atoms with Gasteiger partial charge in [-0.1, -0.05) is 0 Å². The van der Waals surface area contributed by atoms with E-state index in [1.807, 2.05) is 12.3 Å². The maximum absolute atomic E-state index is 13.1. The molecular weight excluding hydrogens is 319 g/mol. The quantitative estimate of drug-likeness (QED) is 0.712. The molecular formula is C14H13FN6OS. The molecule has 0 N–H and O–H groups in total. The van der Waals surface area contributed by atoms with Crippen LogP contribution < -0.4 is 4.90 Å². The van der Waals surface area contributed by atoms with Crippen LogP contribution in [-0.4, -0.2) is 31.1 Å². The molecule has 23 heavy (non-hydrogen) atoms. The van der Waals surface area contributed by atoms with E-state index in [4.69, 9.17) is 0 Å². The van der Waals surface area contributed by atoms with Crippen LogP contribution in [0.25, 0.3) is 0 Å². The second-order valence-electron chi connectivity index (χ2n) is 4.82. The number of nitrogens with zero attached hydrogens (tertiary/aromatic N) is 6. The van der Waals surface area contributed by atoms with Crippen molar-refractivity contribution < 1.29 is 9.18 Å². The molecule has 2 aromatic heterocycles. The van der Waals surface area contributed by atoms with Crippen molar-refractivity contribution in [2.45, 2.75) is 20.0 Å². The van der Waals surface area contributed by atoms with E-state index >= 15 is 0 Å². The van der Waals surface area contributed by atoms with Gasteiger partial charge in [0, 0.05) is 11.1 Å². The van der Waals surface area contributed by atoms with Crippen LogP contribution in [0.4, 0.5) is 10.1 Å². The molecule has 0 saturated heterocycles. The highest BCUT2D eigenvalue weighted by molar-refractivity contribution is 7.09. The van der Waals surface area contributed by atoms with E-state index in [1.165, 1.54) is 39.4 Å². The zero-order valence-electron chi connectivity index (χ0n) is 12.3. The zero-order valence-corrected chi connectivity index (χ0v) is 13.1. The maximum atomic E-state index is 13.1. The summed E-state index contributed by atoms with van der Waals surface area (Å²) in [5, 5.41) is 13.5. The SMILES string of the molecule is Cc1nc(CN(C(=O)Cn2cnnn2)c2ccc(F)cc2)cs1. The lowest BCUT2D eigenvalue weighted by Crippen LogP contribution is -2.33. The first-order valence-electron chi connectivity index (χ1n) is 6.79. The van der Waals surface area contributed by atoms with Crippen molar-refractivity contribution in [3.05, 3.63) is 52.5 Å². The van der Waals surface area contributed by atoms with Crippen LogP contribution in [0, 0.1) is 12.7 Å². The molecule has 2 heterocycles. The first-order chi connectivity index (χ1) is 11.1. The number of benzene rings is 1. The molecule has 0 atom stereocenters. The summed E-state index contributed by atoms with van der Waals surface area (Å²) < 4.78 is 14.5. The van der Waals surface area contributed by atoms with Gasteiger partial charge in [0.1, 0.15) is 18.7 Å². The van der Waals surface area contributed by atoms with E-state index in [0.717, 1.165) is 10.7 Å². The molecule has 0 aliphatic heterocycles. The minimum Gasteiger partial charge on any atom is -0.305 e. The normalized spacial score (nSPS) is 10.7. The number of carbonyl (C=O) groups excluding carboxylic acids is 1. The van der Waals surface area contributed by atoms with Crippen molar-refractivity contribution in [3.8, 4) is 0 Å². The van der Waals surface area contributed by atoms with Gasteiger partial charge in [-0.05, 0) is 41.6 Å². The fraction of sp³-hybridized carbons (Fsp3) is 0.214. The van der Waals surface area contributed by atoms with Crippen LogP contribution in [0.15, 0.2) is 36.0 Å². The summed E-state index contributed by atoms with van der Waals surface area (Å²) in [6, 6.07) is 5.76. The molecule has 7 nitrogen and oxygen atoms in total. The number of aromatic nitrogens is 5. The molecule has 0 spiro atoms. The predicted octanol–water partition coefficient (Wildman–Crippen LogP) is 1.81. The van der Waals surface area contributed by atoms with Crippen molar-refractivity contribution >= 4 is 22.9 Å². The third-order valence-corrected chi connectivity index (χ3v) is 3.94. The largest absolute Gasteiger partial charge is 0.305 e. The monoisotopic (exact) mass is 332 g/mol. The van der Waals surface area contributed by atoms with Crippen LogP contribution in [0.2, 0.25) is 0 Å². The lowest BCUT2D eigenvalue weighted by Gasteiger charge is -2.22. The molecule has 0 fully saturated rings. The Balaban J connectivity index is 1.85.